The smallest absolute Gasteiger partial charge is 0.123 e. The van der Waals surface area contributed by atoms with E-state index in [9.17, 15) is 4.39 Å². The first-order valence-corrected chi connectivity index (χ1v) is 8.03. The van der Waals surface area contributed by atoms with Gasteiger partial charge in [-0.25, -0.2) is 4.39 Å². The summed E-state index contributed by atoms with van der Waals surface area (Å²) in [4.78, 5) is 2.29. The fraction of sp³-hybridized carbons (Fsp3) is 0.538. The van der Waals surface area contributed by atoms with Crippen molar-refractivity contribution >= 4 is 27.7 Å². The van der Waals surface area contributed by atoms with Crippen molar-refractivity contribution in [2.24, 2.45) is 5.73 Å². The van der Waals surface area contributed by atoms with E-state index in [1.807, 2.05) is 11.8 Å². The number of halogens is 2. The molecule has 5 heteroatoms. The van der Waals surface area contributed by atoms with Crippen LogP contribution in [-0.2, 0) is 0 Å². The number of nitrogens with zero attached hydrogens (tertiary/aromatic N) is 1. The normalized spacial score (nSPS) is 21.5. The van der Waals surface area contributed by atoms with Crippen LogP contribution in [0.4, 0.5) is 4.39 Å². The molecule has 1 aromatic rings. The molecule has 1 aliphatic heterocycles. The summed E-state index contributed by atoms with van der Waals surface area (Å²) in [6.07, 6.45) is 1.19. The highest BCUT2D eigenvalue weighted by Crippen LogP contribution is 2.32. The monoisotopic (exact) mass is 332 g/mol. The van der Waals surface area contributed by atoms with Crippen LogP contribution in [0.2, 0.25) is 0 Å². The van der Waals surface area contributed by atoms with Crippen LogP contribution in [0.5, 0.6) is 0 Å². The number of hydrogen-bond donors (Lipinski definition) is 1. The summed E-state index contributed by atoms with van der Waals surface area (Å²) in [6, 6.07) is 5.41. The fourth-order valence-electron chi connectivity index (χ4n) is 2.38. The van der Waals surface area contributed by atoms with Crippen LogP contribution >= 0.6 is 27.7 Å². The number of rotatable bonds is 4. The zero-order chi connectivity index (χ0) is 13.1. The van der Waals surface area contributed by atoms with Crippen LogP contribution in [0.25, 0.3) is 0 Å². The first-order chi connectivity index (χ1) is 8.63. The first-order valence-electron chi connectivity index (χ1n) is 6.08. The molecular weight excluding hydrogens is 315 g/mol. The van der Waals surface area contributed by atoms with Gasteiger partial charge >= 0.3 is 0 Å². The number of nitrogens with two attached hydrogens (primary N) is 1. The quantitative estimate of drug-likeness (QED) is 0.918. The van der Waals surface area contributed by atoms with Crippen molar-refractivity contribution in [2.75, 3.05) is 25.1 Å². The first kappa shape index (κ1) is 14.3. The number of likely N-dealkylation sites (N-methyl/N-ethyl adjacent to an activating group) is 1. The van der Waals surface area contributed by atoms with E-state index < -0.39 is 0 Å². The highest BCUT2D eigenvalue weighted by molar-refractivity contribution is 9.10. The zero-order valence-corrected chi connectivity index (χ0v) is 12.8. The second kappa shape index (κ2) is 6.37. The van der Waals surface area contributed by atoms with Crippen LogP contribution in [0, 0.1) is 5.82 Å². The number of benzene rings is 1. The van der Waals surface area contributed by atoms with Crippen molar-refractivity contribution < 1.29 is 4.39 Å². The lowest BCUT2D eigenvalue weighted by atomic mass is 10.0. The number of hydrogen-bond acceptors (Lipinski definition) is 3. The van der Waals surface area contributed by atoms with Gasteiger partial charge in [0.25, 0.3) is 0 Å². The molecule has 1 fully saturated rings. The van der Waals surface area contributed by atoms with E-state index >= 15 is 0 Å². The zero-order valence-electron chi connectivity index (χ0n) is 10.4. The van der Waals surface area contributed by atoms with E-state index in [0.29, 0.717) is 12.6 Å². The maximum absolute atomic E-state index is 13.4. The predicted molar refractivity (Wildman–Crippen MR) is 79.4 cm³/mol. The Morgan fingerprint density at radius 1 is 1.61 bits per heavy atom. The third-order valence-corrected chi connectivity index (χ3v) is 5.38. The van der Waals surface area contributed by atoms with Gasteiger partial charge in [-0.15, -0.1) is 0 Å². The van der Waals surface area contributed by atoms with Crippen LogP contribution in [-0.4, -0.2) is 36.0 Å². The lowest BCUT2D eigenvalue weighted by Crippen LogP contribution is -2.38. The van der Waals surface area contributed by atoms with Gasteiger partial charge in [0.05, 0.1) is 0 Å². The molecule has 2 nitrogen and oxygen atoms in total. The highest BCUT2D eigenvalue weighted by Gasteiger charge is 2.27. The van der Waals surface area contributed by atoms with E-state index in [1.165, 1.54) is 18.2 Å². The molecule has 0 spiro atoms. The molecule has 0 bridgehead atoms. The van der Waals surface area contributed by atoms with Crippen molar-refractivity contribution in [3.63, 3.8) is 0 Å². The van der Waals surface area contributed by atoms with Crippen LogP contribution in [0.3, 0.4) is 0 Å². The lowest BCUT2D eigenvalue weighted by molar-refractivity contribution is 0.192. The average molecular weight is 333 g/mol. The van der Waals surface area contributed by atoms with E-state index in [1.54, 1.807) is 12.1 Å². The molecule has 1 aliphatic rings. The molecule has 18 heavy (non-hydrogen) atoms. The molecule has 0 aliphatic carbocycles. The molecule has 2 rings (SSSR count). The summed E-state index contributed by atoms with van der Waals surface area (Å²) in [5, 5.41) is 0. The molecule has 2 unspecified atom stereocenters. The summed E-state index contributed by atoms with van der Waals surface area (Å²) in [5.74, 6) is 2.14. The minimum absolute atomic E-state index is 0.0683. The minimum atomic E-state index is -0.208. The standard InChI is InChI=1S/C13H18BrFN2S/c1-17(10-4-5-18-8-10)13(7-16)11-6-9(15)2-3-12(11)14/h2-3,6,10,13H,4-5,7-8,16H2,1H3. The van der Waals surface area contributed by atoms with Crippen LogP contribution in [0.15, 0.2) is 22.7 Å². The molecule has 1 aromatic carbocycles. The van der Waals surface area contributed by atoms with Gasteiger partial charge in [-0.1, -0.05) is 15.9 Å². The Morgan fingerprint density at radius 2 is 2.39 bits per heavy atom. The molecule has 0 saturated carbocycles. The Morgan fingerprint density at radius 3 is 3.00 bits per heavy atom. The Labute approximate surface area is 120 Å². The Bertz CT molecular complexity index is 410. The second-order valence-corrected chi connectivity index (χ2v) is 6.60. The molecule has 0 amide bonds. The SMILES string of the molecule is CN(C1CCSC1)C(CN)c1cc(F)ccc1Br. The molecule has 2 atom stereocenters. The predicted octanol–water partition coefficient (Wildman–Crippen LogP) is 3.03. The molecule has 1 saturated heterocycles. The third-order valence-electron chi connectivity index (χ3n) is 3.51. The van der Waals surface area contributed by atoms with Gasteiger partial charge in [0.15, 0.2) is 0 Å². The molecule has 2 N–H and O–H groups in total. The summed E-state index contributed by atoms with van der Waals surface area (Å²) in [7, 11) is 2.09. The van der Waals surface area contributed by atoms with Gasteiger partial charge in [-0.2, -0.15) is 11.8 Å². The largest absolute Gasteiger partial charge is 0.329 e. The van der Waals surface area contributed by atoms with Gasteiger partial charge in [0.1, 0.15) is 5.82 Å². The Balaban J connectivity index is 2.23. The van der Waals surface area contributed by atoms with Gasteiger partial charge in [-0.05, 0) is 43.0 Å². The van der Waals surface area contributed by atoms with Crippen molar-refractivity contribution in [1.82, 2.24) is 4.90 Å². The van der Waals surface area contributed by atoms with Crippen molar-refractivity contribution in [2.45, 2.75) is 18.5 Å². The van der Waals surface area contributed by atoms with Crippen molar-refractivity contribution in [1.29, 1.82) is 0 Å². The lowest BCUT2D eigenvalue weighted by Gasteiger charge is -2.32. The van der Waals surface area contributed by atoms with E-state index in [4.69, 9.17) is 5.73 Å². The number of thioether (sulfide) groups is 1. The highest BCUT2D eigenvalue weighted by atomic mass is 79.9. The molecule has 0 aromatic heterocycles. The molecule has 0 radical (unpaired) electrons. The second-order valence-electron chi connectivity index (χ2n) is 4.60. The summed E-state index contributed by atoms with van der Waals surface area (Å²) in [6.45, 7) is 0.500. The van der Waals surface area contributed by atoms with Crippen molar-refractivity contribution in [3.05, 3.63) is 34.1 Å². The van der Waals surface area contributed by atoms with Gasteiger partial charge in [-0.3, -0.25) is 4.90 Å². The summed E-state index contributed by atoms with van der Waals surface area (Å²) < 4.78 is 14.3. The van der Waals surface area contributed by atoms with E-state index in [0.717, 1.165) is 15.8 Å². The topological polar surface area (TPSA) is 29.3 Å². The Hall–Kier alpha value is -0.100. The summed E-state index contributed by atoms with van der Waals surface area (Å²) >= 11 is 5.47. The molecule has 100 valence electrons. The van der Waals surface area contributed by atoms with Gasteiger partial charge in [0.2, 0.25) is 0 Å². The van der Waals surface area contributed by atoms with Crippen LogP contribution in [0.1, 0.15) is 18.0 Å². The molecule has 1 heterocycles. The Kier molecular flexibility index (Phi) is 5.06. The maximum Gasteiger partial charge on any atom is 0.123 e. The summed E-state index contributed by atoms with van der Waals surface area (Å²) in [5.41, 5.74) is 6.84. The van der Waals surface area contributed by atoms with Gasteiger partial charge < -0.3 is 5.73 Å². The third kappa shape index (κ3) is 3.07. The fourth-order valence-corrected chi connectivity index (χ4v) is 4.17. The minimum Gasteiger partial charge on any atom is -0.329 e. The van der Waals surface area contributed by atoms with Crippen LogP contribution < -0.4 is 5.73 Å². The van der Waals surface area contributed by atoms with Gasteiger partial charge in [0, 0.05) is 28.9 Å². The van der Waals surface area contributed by atoms with E-state index in [2.05, 4.69) is 27.9 Å². The van der Waals surface area contributed by atoms with Crippen molar-refractivity contribution in [3.8, 4) is 0 Å². The molecular formula is C13H18BrFN2S. The maximum atomic E-state index is 13.4. The van der Waals surface area contributed by atoms with E-state index in [-0.39, 0.29) is 11.9 Å². The average Bonchev–Trinajstić information content (AvgIpc) is 2.88.